The second-order valence-electron chi connectivity index (χ2n) is 4.47. The summed E-state index contributed by atoms with van der Waals surface area (Å²) in [7, 11) is 0. The molecule has 0 aliphatic rings. The Hall–Kier alpha value is -1.91. The maximum absolute atomic E-state index is 12.7. The van der Waals surface area contributed by atoms with Crippen molar-refractivity contribution in [3.8, 4) is 0 Å². The third-order valence-corrected chi connectivity index (χ3v) is 2.80. The third-order valence-electron chi connectivity index (χ3n) is 2.80. The van der Waals surface area contributed by atoms with E-state index in [1.165, 1.54) is 12.1 Å². The van der Waals surface area contributed by atoms with Gasteiger partial charge in [-0.3, -0.25) is 9.59 Å². The summed E-state index contributed by atoms with van der Waals surface area (Å²) in [5.74, 6) is -1.16. The Morgan fingerprint density at radius 1 is 1.32 bits per heavy atom. The minimum atomic E-state index is -0.632. The summed E-state index contributed by atoms with van der Waals surface area (Å²) in [5.41, 5.74) is 5.93. The van der Waals surface area contributed by atoms with E-state index in [1.807, 2.05) is 6.92 Å². The van der Waals surface area contributed by atoms with E-state index in [9.17, 15) is 14.0 Å². The second-order valence-corrected chi connectivity index (χ2v) is 4.47. The maximum atomic E-state index is 12.7. The SMILES string of the molecule is CCCC[C@@H](NC(=O)Cc1ccc(F)cc1)C(N)=O. The second kappa shape index (κ2) is 7.51. The van der Waals surface area contributed by atoms with Crippen LogP contribution in [0.15, 0.2) is 24.3 Å². The molecule has 0 saturated heterocycles. The van der Waals surface area contributed by atoms with Crippen LogP contribution < -0.4 is 11.1 Å². The minimum Gasteiger partial charge on any atom is -0.368 e. The van der Waals surface area contributed by atoms with E-state index in [4.69, 9.17) is 5.73 Å². The van der Waals surface area contributed by atoms with Crippen LogP contribution in [0.1, 0.15) is 31.7 Å². The van der Waals surface area contributed by atoms with Crippen LogP contribution in [0.4, 0.5) is 4.39 Å². The zero-order chi connectivity index (χ0) is 14.3. The van der Waals surface area contributed by atoms with Gasteiger partial charge in [0, 0.05) is 0 Å². The van der Waals surface area contributed by atoms with Crippen molar-refractivity contribution in [3.63, 3.8) is 0 Å². The molecule has 0 saturated carbocycles. The summed E-state index contributed by atoms with van der Waals surface area (Å²) >= 11 is 0. The van der Waals surface area contributed by atoms with Gasteiger partial charge in [-0.15, -0.1) is 0 Å². The number of unbranched alkanes of at least 4 members (excludes halogenated alkanes) is 1. The molecule has 4 nitrogen and oxygen atoms in total. The summed E-state index contributed by atoms with van der Waals surface area (Å²) in [5, 5.41) is 2.61. The normalized spacial score (nSPS) is 11.9. The van der Waals surface area contributed by atoms with Crippen molar-refractivity contribution >= 4 is 11.8 Å². The highest BCUT2D eigenvalue weighted by molar-refractivity contribution is 5.87. The van der Waals surface area contributed by atoms with E-state index in [2.05, 4.69) is 5.32 Å². The molecule has 0 radical (unpaired) electrons. The van der Waals surface area contributed by atoms with Crippen molar-refractivity contribution in [1.82, 2.24) is 5.32 Å². The van der Waals surface area contributed by atoms with Gasteiger partial charge in [0.05, 0.1) is 6.42 Å². The molecule has 2 amide bonds. The fraction of sp³-hybridized carbons (Fsp3) is 0.429. The molecular formula is C14H19FN2O2. The number of hydrogen-bond donors (Lipinski definition) is 2. The van der Waals surface area contributed by atoms with Crippen LogP contribution >= 0.6 is 0 Å². The Labute approximate surface area is 112 Å². The van der Waals surface area contributed by atoms with Gasteiger partial charge in [0.1, 0.15) is 11.9 Å². The largest absolute Gasteiger partial charge is 0.368 e. The molecule has 0 aromatic heterocycles. The lowest BCUT2D eigenvalue weighted by molar-refractivity contribution is -0.127. The monoisotopic (exact) mass is 266 g/mol. The minimum absolute atomic E-state index is 0.107. The number of nitrogens with two attached hydrogens (primary N) is 1. The molecule has 0 spiro atoms. The van der Waals surface area contributed by atoms with E-state index < -0.39 is 11.9 Å². The molecule has 0 unspecified atom stereocenters. The number of benzene rings is 1. The number of halogens is 1. The predicted octanol–water partition coefficient (Wildman–Crippen LogP) is 1.53. The first-order valence-corrected chi connectivity index (χ1v) is 6.36. The zero-order valence-corrected chi connectivity index (χ0v) is 11.0. The summed E-state index contributed by atoms with van der Waals surface area (Å²) in [4.78, 5) is 23.0. The lowest BCUT2D eigenvalue weighted by Crippen LogP contribution is -2.44. The van der Waals surface area contributed by atoms with Gasteiger partial charge in [0.25, 0.3) is 0 Å². The average molecular weight is 266 g/mol. The molecule has 1 rings (SSSR count). The number of amides is 2. The smallest absolute Gasteiger partial charge is 0.239 e. The number of carbonyl (C=O) groups is 2. The van der Waals surface area contributed by atoms with Crippen LogP contribution in [-0.2, 0) is 16.0 Å². The number of hydrogen-bond acceptors (Lipinski definition) is 2. The highest BCUT2D eigenvalue weighted by Gasteiger charge is 2.17. The van der Waals surface area contributed by atoms with E-state index in [-0.39, 0.29) is 18.1 Å². The van der Waals surface area contributed by atoms with Crippen LogP contribution in [0, 0.1) is 5.82 Å². The van der Waals surface area contributed by atoms with Gasteiger partial charge in [-0.2, -0.15) is 0 Å². The van der Waals surface area contributed by atoms with Gasteiger partial charge in [-0.05, 0) is 24.1 Å². The molecule has 0 heterocycles. The van der Waals surface area contributed by atoms with Crippen molar-refractivity contribution in [2.45, 2.75) is 38.6 Å². The highest BCUT2D eigenvalue weighted by atomic mass is 19.1. The molecule has 3 N–H and O–H groups in total. The van der Waals surface area contributed by atoms with Gasteiger partial charge in [-0.1, -0.05) is 31.9 Å². The van der Waals surface area contributed by atoms with Crippen molar-refractivity contribution in [3.05, 3.63) is 35.6 Å². The summed E-state index contributed by atoms with van der Waals surface area (Å²) in [6.45, 7) is 2.00. The van der Waals surface area contributed by atoms with Crippen LogP contribution in [0.25, 0.3) is 0 Å². The maximum Gasteiger partial charge on any atom is 0.239 e. The van der Waals surface area contributed by atoms with Crippen molar-refractivity contribution in [2.75, 3.05) is 0 Å². The third kappa shape index (κ3) is 5.50. The molecule has 0 fully saturated rings. The van der Waals surface area contributed by atoms with Crippen molar-refractivity contribution < 1.29 is 14.0 Å². The zero-order valence-electron chi connectivity index (χ0n) is 11.0. The van der Waals surface area contributed by atoms with E-state index in [0.29, 0.717) is 12.0 Å². The molecule has 19 heavy (non-hydrogen) atoms. The van der Waals surface area contributed by atoms with Crippen LogP contribution in [0.3, 0.4) is 0 Å². The van der Waals surface area contributed by atoms with Gasteiger partial charge >= 0.3 is 0 Å². The highest BCUT2D eigenvalue weighted by Crippen LogP contribution is 2.05. The van der Waals surface area contributed by atoms with Crippen LogP contribution in [-0.4, -0.2) is 17.9 Å². The van der Waals surface area contributed by atoms with E-state index in [1.54, 1.807) is 12.1 Å². The fourth-order valence-corrected chi connectivity index (χ4v) is 1.73. The Balaban J connectivity index is 2.52. The molecule has 5 heteroatoms. The van der Waals surface area contributed by atoms with E-state index >= 15 is 0 Å². The van der Waals surface area contributed by atoms with Crippen molar-refractivity contribution in [1.29, 1.82) is 0 Å². The van der Waals surface area contributed by atoms with Crippen LogP contribution in [0.2, 0.25) is 0 Å². The molecule has 0 bridgehead atoms. The Kier molecular flexibility index (Phi) is 5.99. The average Bonchev–Trinajstić information content (AvgIpc) is 2.37. The number of primary amides is 1. The standard InChI is InChI=1S/C14H19FN2O2/c1-2-3-4-12(14(16)19)17-13(18)9-10-5-7-11(15)8-6-10/h5-8,12H,2-4,9H2,1H3,(H2,16,19)(H,17,18)/t12-/m1/s1. The molecule has 104 valence electrons. The van der Waals surface area contributed by atoms with Crippen LogP contribution in [0.5, 0.6) is 0 Å². The summed E-state index contributed by atoms with van der Waals surface area (Å²) in [6, 6.07) is 5.05. The van der Waals surface area contributed by atoms with Crippen molar-refractivity contribution in [2.24, 2.45) is 5.73 Å². The first kappa shape index (κ1) is 15.1. The van der Waals surface area contributed by atoms with Gasteiger partial charge in [0.15, 0.2) is 0 Å². The summed E-state index contributed by atoms with van der Waals surface area (Å²) in [6.07, 6.45) is 2.40. The molecule has 1 atom stereocenters. The Morgan fingerprint density at radius 3 is 2.47 bits per heavy atom. The fourth-order valence-electron chi connectivity index (χ4n) is 1.73. The number of nitrogens with one attached hydrogen (secondary N) is 1. The molecule has 1 aromatic rings. The van der Waals surface area contributed by atoms with Gasteiger partial charge in [-0.25, -0.2) is 4.39 Å². The predicted molar refractivity (Wildman–Crippen MR) is 70.8 cm³/mol. The lowest BCUT2D eigenvalue weighted by atomic mass is 10.1. The molecular weight excluding hydrogens is 247 g/mol. The number of carbonyl (C=O) groups excluding carboxylic acids is 2. The topological polar surface area (TPSA) is 72.2 Å². The summed E-state index contributed by atoms with van der Waals surface area (Å²) < 4.78 is 12.7. The van der Waals surface area contributed by atoms with E-state index in [0.717, 1.165) is 12.8 Å². The Bertz CT molecular complexity index is 432. The van der Waals surface area contributed by atoms with Gasteiger partial charge < -0.3 is 11.1 Å². The first-order chi connectivity index (χ1) is 9.02. The number of rotatable bonds is 7. The van der Waals surface area contributed by atoms with Gasteiger partial charge in [0.2, 0.25) is 11.8 Å². The molecule has 0 aliphatic heterocycles. The molecule has 0 aliphatic carbocycles. The first-order valence-electron chi connectivity index (χ1n) is 6.36. The Morgan fingerprint density at radius 2 is 1.95 bits per heavy atom. The lowest BCUT2D eigenvalue weighted by Gasteiger charge is -2.15. The quantitative estimate of drug-likeness (QED) is 0.785. The molecule has 1 aromatic carbocycles.